The van der Waals surface area contributed by atoms with Crippen LogP contribution < -0.4 is 14.8 Å². The van der Waals surface area contributed by atoms with Crippen LogP contribution in [0, 0.1) is 13.8 Å². The third-order valence-electron chi connectivity index (χ3n) is 3.63. The minimum absolute atomic E-state index is 0.540. The Balaban J connectivity index is 1.81. The fourth-order valence-electron chi connectivity index (χ4n) is 2.49. The summed E-state index contributed by atoms with van der Waals surface area (Å²) in [5, 5.41) is 8.39. The third kappa shape index (κ3) is 2.65. The van der Waals surface area contributed by atoms with Crippen molar-refractivity contribution in [2.45, 2.75) is 20.4 Å². The molecule has 0 radical (unpaired) electrons. The van der Waals surface area contributed by atoms with E-state index in [-0.39, 0.29) is 0 Å². The topological polar surface area (TPSA) is 48.3 Å². The van der Waals surface area contributed by atoms with Gasteiger partial charge in [0.15, 0.2) is 11.5 Å². The highest BCUT2D eigenvalue weighted by molar-refractivity contribution is 6.32. The van der Waals surface area contributed by atoms with Crippen LogP contribution in [0.1, 0.15) is 17.0 Å². The number of nitrogens with zero attached hydrogens (tertiary/aromatic N) is 2. The summed E-state index contributed by atoms with van der Waals surface area (Å²) < 4.78 is 13.0. The molecule has 2 aromatic rings. The molecule has 5 nitrogen and oxygen atoms in total. The highest BCUT2D eigenvalue weighted by Gasteiger charge is 2.17. The molecule has 3 rings (SSSR count). The minimum atomic E-state index is 0.540. The molecule has 112 valence electrons. The van der Waals surface area contributed by atoms with Crippen molar-refractivity contribution in [3.05, 3.63) is 34.1 Å². The van der Waals surface area contributed by atoms with Crippen molar-refractivity contribution in [2.75, 3.05) is 18.5 Å². The van der Waals surface area contributed by atoms with Gasteiger partial charge in [-0.1, -0.05) is 11.6 Å². The number of aryl methyl sites for hydroxylation is 2. The summed E-state index contributed by atoms with van der Waals surface area (Å²) in [5.41, 5.74) is 4.20. The van der Waals surface area contributed by atoms with Crippen LogP contribution >= 0.6 is 11.6 Å². The lowest BCUT2D eigenvalue weighted by atomic mass is 10.2. The maximum atomic E-state index is 6.25. The lowest BCUT2D eigenvalue weighted by Crippen LogP contribution is -2.16. The summed E-state index contributed by atoms with van der Waals surface area (Å²) in [6.45, 7) is 5.79. The normalized spacial score (nSPS) is 13.3. The second-order valence-corrected chi connectivity index (χ2v) is 5.53. The van der Waals surface area contributed by atoms with Gasteiger partial charge in [0.1, 0.15) is 13.2 Å². The highest BCUT2D eigenvalue weighted by atomic mass is 35.5. The number of fused-ring (bicyclic) bond motifs is 1. The van der Waals surface area contributed by atoms with E-state index in [0.29, 0.717) is 36.3 Å². The molecule has 1 aliphatic heterocycles. The second-order valence-electron chi connectivity index (χ2n) is 5.12. The van der Waals surface area contributed by atoms with Gasteiger partial charge in [0.25, 0.3) is 0 Å². The SMILES string of the molecule is Cc1nn(C)c(C)c1NCc1cc(Cl)c2c(c1)OCCO2. The number of nitrogens with one attached hydrogen (secondary N) is 1. The summed E-state index contributed by atoms with van der Waals surface area (Å²) in [7, 11) is 1.94. The van der Waals surface area contributed by atoms with E-state index in [2.05, 4.69) is 10.4 Å². The molecule has 21 heavy (non-hydrogen) atoms. The van der Waals surface area contributed by atoms with Gasteiger partial charge in [-0.25, -0.2) is 0 Å². The van der Waals surface area contributed by atoms with E-state index >= 15 is 0 Å². The molecule has 0 aliphatic carbocycles. The molecule has 0 fully saturated rings. The summed E-state index contributed by atoms with van der Waals surface area (Å²) in [4.78, 5) is 0. The molecule has 2 heterocycles. The zero-order valence-corrected chi connectivity index (χ0v) is 13.1. The number of ether oxygens (including phenoxy) is 2. The molecule has 0 bridgehead atoms. The molecular formula is C15H18ClN3O2. The number of benzene rings is 1. The molecule has 1 aliphatic rings. The largest absolute Gasteiger partial charge is 0.486 e. The van der Waals surface area contributed by atoms with Crippen molar-refractivity contribution < 1.29 is 9.47 Å². The molecular weight excluding hydrogens is 290 g/mol. The molecule has 1 aromatic heterocycles. The highest BCUT2D eigenvalue weighted by Crippen LogP contribution is 2.38. The molecule has 0 spiro atoms. The van der Waals surface area contributed by atoms with Crippen LogP contribution in [-0.4, -0.2) is 23.0 Å². The Labute approximate surface area is 128 Å². The van der Waals surface area contributed by atoms with Gasteiger partial charge in [-0.3, -0.25) is 4.68 Å². The van der Waals surface area contributed by atoms with E-state index in [4.69, 9.17) is 21.1 Å². The first-order chi connectivity index (χ1) is 10.1. The molecule has 1 N–H and O–H groups in total. The molecule has 0 saturated heterocycles. The summed E-state index contributed by atoms with van der Waals surface area (Å²) in [6, 6.07) is 3.87. The van der Waals surface area contributed by atoms with Crippen molar-refractivity contribution in [1.82, 2.24) is 9.78 Å². The first-order valence-corrected chi connectivity index (χ1v) is 7.26. The summed E-state index contributed by atoms with van der Waals surface area (Å²) in [5.74, 6) is 1.35. The molecule has 0 saturated carbocycles. The van der Waals surface area contributed by atoms with Crippen molar-refractivity contribution in [3.8, 4) is 11.5 Å². The Morgan fingerprint density at radius 2 is 2.05 bits per heavy atom. The van der Waals surface area contributed by atoms with Crippen LogP contribution in [0.2, 0.25) is 5.02 Å². The third-order valence-corrected chi connectivity index (χ3v) is 3.92. The van der Waals surface area contributed by atoms with Crippen LogP contribution in [0.5, 0.6) is 11.5 Å². The predicted molar refractivity (Wildman–Crippen MR) is 82.5 cm³/mol. The van der Waals surface area contributed by atoms with Crippen molar-refractivity contribution >= 4 is 17.3 Å². The number of aromatic nitrogens is 2. The Hall–Kier alpha value is -1.88. The maximum Gasteiger partial charge on any atom is 0.179 e. The maximum absolute atomic E-state index is 6.25. The van der Waals surface area contributed by atoms with Crippen molar-refractivity contribution in [1.29, 1.82) is 0 Å². The lowest BCUT2D eigenvalue weighted by Gasteiger charge is -2.20. The lowest BCUT2D eigenvalue weighted by molar-refractivity contribution is 0.171. The van der Waals surface area contributed by atoms with Gasteiger partial charge in [0.2, 0.25) is 0 Å². The molecule has 1 aromatic carbocycles. The number of hydrogen-bond acceptors (Lipinski definition) is 4. The van der Waals surface area contributed by atoms with Gasteiger partial charge >= 0.3 is 0 Å². The van der Waals surface area contributed by atoms with Crippen LogP contribution in [0.15, 0.2) is 12.1 Å². The smallest absolute Gasteiger partial charge is 0.179 e. The average Bonchev–Trinajstić information content (AvgIpc) is 2.70. The van der Waals surface area contributed by atoms with Crippen LogP contribution in [0.25, 0.3) is 0 Å². The average molecular weight is 308 g/mol. The quantitative estimate of drug-likeness (QED) is 0.946. The van der Waals surface area contributed by atoms with Gasteiger partial charge in [-0.15, -0.1) is 0 Å². The Kier molecular flexibility index (Phi) is 3.68. The van der Waals surface area contributed by atoms with E-state index in [1.165, 1.54) is 0 Å². The van der Waals surface area contributed by atoms with Crippen LogP contribution in [0.3, 0.4) is 0 Å². The van der Waals surface area contributed by atoms with E-state index < -0.39 is 0 Å². The van der Waals surface area contributed by atoms with Gasteiger partial charge < -0.3 is 14.8 Å². The summed E-state index contributed by atoms with van der Waals surface area (Å²) in [6.07, 6.45) is 0. The summed E-state index contributed by atoms with van der Waals surface area (Å²) >= 11 is 6.25. The van der Waals surface area contributed by atoms with E-state index in [9.17, 15) is 0 Å². The molecule has 0 amide bonds. The number of halogens is 1. The monoisotopic (exact) mass is 307 g/mol. The fraction of sp³-hybridized carbons (Fsp3) is 0.400. The fourth-order valence-corrected chi connectivity index (χ4v) is 2.77. The van der Waals surface area contributed by atoms with E-state index in [0.717, 1.165) is 22.6 Å². The molecule has 6 heteroatoms. The van der Waals surface area contributed by atoms with Crippen LogP contribution in [0.4, 0.5) is 5.69 Å². The van der Waals surface area contributed by atoms with Gasteiger partial charge in [0.05, 0.1) is 22.1 Å². The molecule has 0 unspecified atom stereocenters. The van der Waals surface area contributed by atoms with Crippen molar-refractivity contribution in [3.63, 3.8) is 0 Å². The first-order valence-electron chi connectivity index (χ1n) is 6.88. The van der Waals surface area contributed by atoms with E-state index in [1.54, 1.807) is 0 Å². The Morgan fingerprint density at radius 1 is 1.29 bits per heavy atom. The second kappa shape index (κ2) is 5.48. The van der Waals surface area contributed by atoms with E-state index in [1.807, 2.05) is 37.7 Å². The van der Waals surface area contributed by atoms with Crippen LogP contribution in [-0.2, 0) is 13.6 Å². The van der Waals surface area contributed by atoms with Gasteiger partial charge in [-0.05, 0) is 31.5 Å². The minimum Gasteiger partial charge on any atom is -0.486 e. The zero-order chi connectivity index (χ0) is 15.0. The van der Waals surface area contributed by atoms with Crippen molar-refractivity contribution in [2.24, 2.45) is 7.05 Å². The number of anilines is 1. The standard InChI is InChI=1S/C15H18ClN3O2/c1-9-14(10(2)19(3)18-9)17-8-11-6-12(16)15-13(7-11)20-4-5-21-15/h6-7,17H,4-5,8H2,1-3H3. The number of rotatable bonds is 3. The Morgan fingerprint density at radius 3 is 2.76 bits per heavy atom. The number of hydrogen-bond donors (Lipinski definition) is 1. The van der Waals surface area contributed by atoms with Gasteiger partial charge in [0, 0.05) is 13.6 Å². The Bertz CT molecular complexity index is 682. The first kappa shape index (κ1) is 14.1. The molecule has 0 atom stereocenters. The van der Waals surface area contributed by atoms with Gasteiger partial charge in [-0.2, -0.15) is 5.10 Å². The zero-order valence-electron chi connectivity index (χ0n) is 12.4. The predicted octanol–water partition coefficient (Wildman–Crippen LogP) is 3.07.